The van der Waals surface area contributed by atoms with Gasteiger partial charge in [0.05, 0.1) is 16.8 Å². The summed E-state index contributed by atoms with van der Waals surface area (Å²) in [5.74, 6) is -0.850. The topological polar surface area (TPSA) is 79.4 Å². The number of fused-ring (bicyclic) bond motifs is 1. The van der Waals surface area contributed by atoms with Gasteiger partial charge in [-0.05, 0) is 35.9 Å². The largest absolute Gasteiger partial charge is 0.508 e. The van der Waals surface area contributed by atoms with Crippen LogP contribution < -0.4 is 0 Å². The van der Waals surface area contributed by atoms with Crippen LogP contribution in [0.15, 0.2) is 78.9 Å². The van der Waals surface area contributed by atoms with Gasteiger partial charge in [0.15, 0.2) is 6.61 Å². The third kappa shape index (κ3) is 3.38. The van der Waals surface area contributed by atoms with Gasteiger partial charge < -0.3 is 14.8 Å². The van der Waals surface area contributed by atoms with Crippen LogP contribution in [0, 0.1) is 0 Å². The second-order valence-corrected chi connectivity index (χ2v) is 6.33. The summed E-state index contributed by atoms with van der Waals surface area (Å²) in [6.45, 7) is -0.374. The van der Waals surface area contributed by atoms with Crippen molar-refractivity contribution < 1.29 is 19.4 Å². The first-order valence-corrected chi connectivity index (χ1v) is 8.79. The van der Waals surface area contributed by atoms with Gasteiger partial charge in [-0.15, -0.1) is 0 Å². The number of esters is 1. The lowest BCUT2D eigenvalue weighted by atomic mass is 10.0. The van der Waals surface area contributed by atoms with Crippen LogP contribution in [0.2, 0.25) is 0 Å². The Bertz CT molecular complexity index is 1140. The van der Waals surface area contributed by atoms with Gasteiger partial charge in [0.25, 0.3) is 0 Å². The maximum Gasteiger partial charge on any atom is 0.338 e. The standard InChI is InChI=1S/C23H17NO4/c25-17-12-10-16(11-13-17)23(27)28-14-20(26)21-18-8-4-5-9-19(18)24-22(21)15-6-2-1-3-7-15/h1-13,24-25H,14H2. The number of rotatable bonds is 5. The summed E-state index contributed by atoms with van der Waals surface area (Å²) in [5.41, 5.74) is 3.20. The van der Waals surface area contributed by atoms with Crippen molar-refractivity contribution in [1.29, 1.82) is 0 Å². The summed E-state index contributed by atoms with van der Waals surface area (Å²) in [6, 6.07) is 22.8. The molecule has 0 radical (unpaired) electrons. The third-order valence-electron chi connectivity index (χ3n) is 4.48. The smallest absolute Gasteiger partial charge is 0.338 e. The Morgan fingerprint density at radius 2 is 1.54 bits per heavy atom. The van der Waals surface area contributed by atoms with Gasteiger partial charge in [0.2, 0.25) is 5.78 Å². The van der Waals surface area contributed by atoms with E-state index in [0.717, 1.165) is 16.5 Å². The number of hydrogen-bond donors (Lipinski definition) is 2. The van der Waals surface area contributed by atoms with Crippen molar-refractivity contribution in [2.24, 2.45) is 0 Å². The minimum Gasteiger partial charge on any atom is -0.508 e. The highest BCUT2D eigenvalue weighted by Gasteiger charge is 2.21. The number of carbonyl (C=O) groups is 2. The molecule has 4 rings (SSSR count). The summed E-state index contributed by atoms with van der Waals surface area (Å²) in [7, 11) is 0. The Kier molecular flexibility index (Phi) is 4.64. The number of benzene rings is 3. The number of hydrogen-bond acceptors (Lipinski definition) is 4. The summed E-state index contributed by atoms with van der Waals surface area (Å²) in [4.78, 5) is 28.4. The number of carbonyl (C=O) groups excluding carboxylic acids is 2. The van der Waals surface area contributed by atoms with Crippen molar-refractivity contribution >= 4 is 22.7 Å². The molecule has 0 amide bonds. The van der Waals surface area contributed by atoms with Gasteiger partial charge in [0.1, 0.15) is 5.75 Å². The van der Waals surface area contributed by atoms with E-state index in [-0.39, 0.29) is 23.7 Å². The molecule has 1 aromatic heterocycles. The first-order chi connectivity index (χ1) is 13.6. The molecular weight excluding hydrogens is 354 g/mol. The Hall–Kier alpha value is -3.86. The molecule has 5 nitrogen and oxygen atoms in total. The van der Waals surface area contributed by atoms with Crippen LogP contribution in [0.3, 0.4) is 0 Å². The number of aromatic nitrogens is 1. The van der Waals surface area contributed by atoms with E-state index in [0.29, 0.717) is 11.3 Å². The molecule has 0 fully saturated rings. The lowest BCUT2D eigenvalue weighted by Crippen LogP contribution is -2.14. The molecular formula is C23H17NO4. The number of aromatic hydroxyl groups is 1. The number of aromatic amines is 1. The van der Waals surface area contributed by atoms with E-state index in [1.807, 2.05) is 54.6 Å². The molecule has 4 aromatic rings. The Morgan fingerprint density at radius 3 is 2.29 bits per heavy atom. The third-order valence-corrected chi connectivity index (χ3v) is 4.48. The molecule has 0 bridgehead atoms. The van der Waals surface area contributed by atoms with Crippen molar-refractivity contribution in [2.45, 2.75) is 0 Å². The molecule has 5 heteroatoms. The second-order valence-electron chi connectivity index (χ2n) is 6.33. The Balaban J connectivity index is 1.63. The molecule has 0 saturated carbocycles. The van der Waals surface area contributed by atoms with E-state index in [4.69, 9.17) is 4.74 Å². The van der Waals surface area contributed by atoms with Crippen molar-refractivity contribution in [3.8, 4) is 17.0 Å². The fraction of sp³-hybridized carbons (Fsp3) is 0.0435. The molecule has 2 N–H and O–H groups in total. The second kappa shape index (κ2) is 7.40. The van der Waals surface area contributed by atoms with Crippen molar-refractivity contribution in [1.82, 2.24) is 4.98 Å². The Labute approximate surface area is 161 Å². The first-order valence-electron chi connectivity index (χ1n) is 8.79. The quantitative estimate of drug-likeness (QED) is 0.397. The molecule has 0 atom stereocenters. The fourth-order valence-electron chi connectivity index (χ4n) is 3.14. The predicted octanol–water partition coefficient (Wildman–Crippen LogP) is 4.58. The van der Waals surface area contributed by atoms with Crippen LogP contribution in [-0.2, 0) is 4.74 Å². The van der Waals surface area contributed by atoms with Crippen LogP contribution in [0.5, 0.6) is 5.75 Å². The van der Waals surface area contributed by atoms with Crippen molar-refractivity contribution in [3.05, 3.63) is 90.0 Å². The molecule has 0 aliphatic heterocycles. The molecule has 0 aliphatic rings. The van der Waals surface area contributed by atoms with Crippen LogP contribution >= 0.6 is 0 Å². The highest BCUT2D eigenvalue weighted by Crippen LogP contribution is 2.30. The fourth-order valence-corrected chi connectivity index (χ4v) is 3.14. The number of phenols is 1. The van der Waals surface area contributed by atoms with Gasteiger partial charge in [-0.3, -0.25) is 4.79 Å². The number of ether oxygens (including phenoxy) is 1. The lowest BCUT2D eigenvalue weighted by molar-refractivity contribution is 0.0475. The minimum atomic E-state index is -0.616. The number of Topliss-reactive ketones (excluding diaryl/α,β-unsaturated/α-hetero) is 1. The van der Waals surface area contributed by atoms with Gasteiger partial charge in [-0.25, -0.2) is 4.79 Å². The van der Waals surface area contributed by atoms with Gasteiger partial charge in [-0.2, -0.15) is 0 Å². The first kappa shape index (κ1) is 17.5. The van der Waals surface area contributed by atoms with E-state index in [2.05, 4.69) is 4.98 Å². The monoisotopic (exact) mass is 371 g/mol. The van der Waals surface area contributed by atoms with Crippen molar-refractivity contribution in [3.63, 3.8) is 0 Å². The number of para-hydroxylation sites is 1. The zero-order valence-corrected chi connectivity index (χ0v) is 14.9. The number of ketones is 1. The van der Waals surface area contributed by atoms with E-state index < -0.39 is 5.97 Å². The molecule has 0 spiro atoms. The number of H-pyrrole nitrogens is 1. The van der Waals surface area contributed by atoms with E-state index in [9.17, 15) is 14.7 Å². The van der Waals surface area contributed by atoms with Crippen molar-refractivity contribution in [2.75, 3.05) is 6.61 Å². The summed E-state index contributed by atoms with van der Waals surface area (Å²) in [6.07, 6.45) is 0. The molecule has 0 saturated heterocycles. The molecule has 138 valence electrons. The lowest BCUT2D eigenvalue weighted by Gasteiger charge is -2.07. The molecule has 0 aliphatic carbocycles. The van der Waals surface area contributed by atoms with Crippen LogP contribution in [0.4, 0.5) is 0 Å². The molecule has 3 aromatic carbocycles. The van der Waals surface area contributed by atoms with Crippen LogP contribution in [-0.4, -0.2) is 28.4 Å². The van der Waals surface area contributed by atoms with E-state index in [1.54, 1.807) is 0 Å². The highest BCUT2D eigenvalue weighted by molar-refractivity contribution is 6.14. The highest BCUT2D eigenvalue weighted by atomic mass is 16.5. The summed E-state index contributed by atoms with van der Waals surface area (Å²) >= 11 is 0. The normalized spacial score (nSPS) is 10.7. The summed E-state index contributed by atoms with van der Waals surface area (Å²) in [5, 5.41) is 10.1. The average molecular weight is 371 g/mol. The predicted molar refractivity (Wildman–Crippen MR) is 106 cm³/mol. The molecule has 0 unspecified atom stereocenters. The van der Waals surface area contributed by atoms with Gasteiger partial charge in [0, 0.05) is 10.9 Å². The SMILES string of the molecule is O=C(OCC(=O)c1c(-c2ccccc2)[nH]c2ccccc12)c1ccc(O)cc1. The molecule has 28 heavy (non-hydrogen) atoms. The van der Waals surface area contributed by atoms with Gasteiger partial charge in [-0.1, -0.05) is 48.5 Å². The number of nitrogens with one attached hydrogen (secondary N) is 1. The zero-order valence-electron chi connectivity index (χ0n) is 14.9. The van der Waals surface area contributed by atoms with E-state index in [1.165, 1.54) is 24.3 Å². The van der Waals surface area contributed by atoms with Crippen LogP contribution in [0.25, 0.3) is 22.2 Å². The van der Waals surface area contributed by atoms with E-state index >= 15 is 0 Å². The Morgan fingerprint density at radius 1 is 0.857 bits per heavy atom. The van der Waals surface area contributed by atoms with Gasteiger partial charge >= 0.3 is 5.97 Å². The number of phenolic OH excluding ortho intramolecular Hbond substituents is 1. The zero-order chi connectivity index (χ0) is 19.5. The average Bonchev–Trinajstić information content (AvgIpc) is 3.12. The molecule has 1 heterocycles. The summed E-state index contributed by atoms with van der Waals surface area (Å²) < 4.78 is 5.21. The van der Waals surface area contributed by atoms with Crippen LogP contribution in [0.1, 0.15) is 20.7 Å². The maximum absolute atomic E-state index is 13.0. The minimum absolute atomic E-state index is 0.0546. The maximum atomic E-state index is 13.0.